The van der Waals surface area contributed by atoms with Gasteiger partial charge in [-0.1, -0.05) is 12.1 Å². The number of carboxylic acids is 1. The fourth-order valence-corrected chi connectivity index (χ4v) is 2.98. The second-order valence-corrected chi connectivity index (χ2v) is 5.96. The third-order valence-electron chi connectivity index (χ3n) is 4.63. The van der Waals surface area contributed by atoms with Gasteiger partial charge in [0.1, 0.15) is 11.3 Å². The maximum absolute atomic E-state index is 12.3. The van der Waals surface area contributed by atoms with E-state index in [0.29, 0.717) is 12.8 Å². The fraction of sp³-hybridized carbons (Fsp3) is 0.500. The van der Waals surface area contributed by atoms with E-state index in [1.165, 1.54) is 0 Å². The number of hydrogen-bond acceptors (Lipinski definition) is 3. The van der Waals surface area contributed by atoms with Gasteiger partial charge in [-0.05, 0) is 49.3 Å². The van der Waals surface area contributed by atoms with Gasteiger partial charge in [-0.2, -0.15) is 0 Å². The average Bonchev–Trinajstić information content (AvgIpc) is 3.22. The monoisotopic (exact) mass is 289 g/mol. The van der Waals surface area contributed by atoms with E-state index in [-0.39, 0.29) is 17.7 Å². The van der Waals surface area contributed by atoms with E-state index in [0.717, 1.165) is 24.2 Å². The summed E-state index contributed by atoms with van der Waals surface area (Å²) in [6, 6.07) is 7.70. The number of amides is 1. The average molecular weight is 289 g/mol. The molecule has 0 heterocycles. The van der Waals surface area contributed by atoms with E-state index in [9.17, 15) is 14.7 Å². The van der Waals surface area contributed by atoms with Crippen molar-refractivity contribution in [2.75, 3.05) is 7.11 Å². The van der Waals surface area contributed by atoms with Crippen LogP contribution in [-0.2, 0) is 9.59 Å². The van der Waals surface area contributed by atoms with Crippen LogP contribution in [0.25, 0.3) is 0 Å². The van der Waals surface area contributed by atoms with Crippen molar-refractivity contribution >= 4 is 11.9 Å². The maximum atomic E-state index is 12.3. The molecule has 2 atom stereocenters. The van der Waals surface area contributed by atoms with Crippen molar-refractivity contribution in [3.63, 3.8) is 0 Å². The van der Waals surface area contributed by atoms with Crippen molar-refractivity contribution in [2.24, 2.45) is 5.92 Å². The molecule has 2 saturated carbocycles. The lowest BCUT2D eigenvalue weighted by Gasteiger charge is -2.38. The summed E-state index contributed by atoms with van der Waals surface area (Å²) in [6.45, 7) is 0. The van der Waals surface area contributed by atoms with Gasteiger partial charge in [-0.3, -0.25) is 4.79 Å². The normalized spacial score (nSPS) is 25.6. The van der Waals surface area contributed by atoms with Crippen molar-refractivity contribution in [1.29, 1.82) is 0 Å². The zero-order valence-corrected chi connectivity index (χ0v) is 12.0. The molecule has 0 aromatic heterocycles. The molecule has 112 valence electrons. The van der Waals surface area contributed by atoms with E-state index in [4.69, 9.17) is 4.74 Å². The minimum Gasteiger partial charge on any atom is -0.497 e. The van der Waals surface area contributed by atoms with Crippen LogP contribution in [0.1, 0.15) is 37.2 Å². The van der Waals surface area contributed by atoms with Crippen LogP contribution in [0.5, 0.6) is 5.75 Å². The first-order valence-electron chi connectivity index (χ1n) is 7.25. The van der Waals surface area contributed by atoms with Gasteiger partial charge in [0, 0.05) is 5.92 Å². The minimum atomic E-state index is -1.02. The Morgan fingerprint density at radius 1 is 1.38 bits per heavy atom. The molecule has 5 nitrogen and oxygen atoms in total. The maximum Gasteiger partial charge on any atom is 0.329 e. The molecule has 0 aliphatic heterocycles. The number of aliphatic carboxylic acids is 1. The highest BCUT2D eigenvalue weighted by molar-refractivity contribution is 5.90. The molecule has 21 heavy (non-hydrogen) atoms. The van der Waals surface area contributed by atoms with Crippen LogP contribution in [0.4, 0.5) is 0 Å². The highest BCUT2D eigenvalue weighted by atomic mass is 16.5. The molecule has 1 aromatic carbocycles. The lowest BCUT2D eigenvalue weighted by atomic mass is 9.76. The Bertz CT molecular complexity index is 579. The van der Waals surface area contributed by atoms with E-state index in [2.05, 4.69) is 5.32 Å². The zero-order valence-electron chi connectivity index (χ0n) is 12.0. The summed E-state index contributed by atoms with van der Waals surface area (Å²) in [5.74, 6) is -0.217. The quantitative estimate of drug-likeness (QED) is 0.868. The predicted molar refractivity (Wildman–Crippen MR) is 76.2 cm³/mol. The summed E-state index contributed by atoms with van der Waals surface area (Å²) in [5, 5.41) is 12.0. The van der Waals surface area contributed by atoms with Crippen molar-refractivity contribution in [1.82, 2.24) is 5.32 Å². The Labute approximate surface area is 123 Å². The number of rotatable bonds is 5. The molecule has 0 bridgehead atoms. The van der Waals surface area contributed by atoms with Gasteiger partial charge in [0.05, 0.1) is 7.11 Å². The molecular weight excluding hydrogens is 270 g/mol. The first-order chi connectivity index (χ1) is 10.1. The summed E-state index contributed by atoms with van der Waals surface area (Å²) in [4.78, 5) is 23.5. The molecule has 2 N–H and O–H groups in total. The second-order valence-electron chi connectivity index (χ2n) is 5.96. The van der Waals surface area contributed by atoms with Gasteiger partial charge in [-0.15, -0.1) is 0 Å². The van der Waals surface area contributed by atoms with Crippen LogP contribution < -0.4 is 10.1 Å². The van der Waals surface area contributed by atoms with Crippen molar-refractivity contribution in [3.8, 4) is 5.75 Å². The van der Waals surface area contributed by atoms with Crippen LogP contribution in [-0.4, -0.2) is 29.6 Å². The van der Waals surface area contributed by atoms with Gasteiger partial charge in [0.25, 0.3) is 0 Å². The highest BCUT2D eigenvalue weighted by Crippen LogP contribution is 2.48. The van der Waals surface area contributed by atoms with Crippen molar-refractivity contribution < 1.29 is 19.4 Å². The molecule has 0 radical (unpaired) electrons. The Hall–Kier alpha value is -2.04. The van der Waals surface area contributed by atoms with E-state index < -0.39 is 11.5 Å². The number of methoxy groups -OCH3 is 1. The number of carbonyl (C=O) groups excluding carboxylic acids is 1. The lowest BCUT2D eigenvalue weighted by Crippen LogP contribution is -2.59. The molecule has 2 aliphatic carbocycles. The summed E-state index contributed by atoms with van der Waals surface area (Å²) < 4.78 is 5.19. The van der Waals surface area contributed by atoms with E-state index in [1.54, 1.807) is 7.11 Å². The third-order valence-corrected chi connectivity index (χ3v) is 4.63. The Balaban J connectivity index is 1.64. The number of nitrogens with one attached hydrogen (secondary N) is 1. The van der Waals surface area contributed by atoms with Gasteiger partial charge < -0.3 is 15.2 Å². The fourth-order valence-electron chi connectivity index (χ4n) is 2.98. The summed E-state index contributed by atoms with van der Waals surface area (Å²) in [6.07, 6.45) is 2.69. The van der Waals surface area contributed by atoms with Gasteiger partial charge >= 0.3 is 5.97 Å². The number of benzene rings is 1. The van der Waals surface area contributed by atoms with Gasteiger partial charge in [0.2, 0.25) is 5.91 Å². The predicted octanol–water partition coefficient (Wildman–Crippen LogP) is 1.92. The van der Waals surface area contributed by atoms with Crippen molar-refractivity contribution in [3.05, 3.63) is 29.8 Å². The first-order valence-corrected chi connectivity index (χ1v) is 7.25. The van der Waals surface area contributed by atoms with Gasteiger partial charge in [0.15, 0.2) is 0 Å². The van der Waals surface area contributed by atoms with E-state index in [1.807, 2.05) is 24.3 Å². The van der Waals surface area contributed by atoms with Crippen LogP contribution in [0.2, 0.25) is 0 Å². The molecule has 2 aliphatic rings. The van der Waals surface area contributed by atoms with Crippen molar-refractivity contribution in [2.45, 2.75) is 37.1 Å². The summed E-state index contributed by atoms with van der Waals surface area (Å²) in [5.41, 5.74) is 0.0611. The van der Waals surface area contributed by atoms with Gasteiger partial charge in [-0.25, -0.2) is 4.79 Å². The molecule has 1 aromatic rings. The smallest absolute Gasteiger partial charge is 0.329 e. The Kier molecular flexibility index (Phi) is 3.35. The Morgan fingerprint density at radius 2 is 2.14 bits per heavy atom. The molecule has 2 unspecified atom stereocenters. The largest absolute Gasteiger partial charge is 0.497 e. The number of carboxylic acid groups (broad SMARTS) is 1. The first kappa shape index (κ1) is 13.9. The second kappa shape index (κ2) is 5.06. The third kappa shape index (κ3) is 2.48. The number of carbonyl (C=O) groups is 2. The van der Waals surface area contributed by atoms with Crippen LogP contribution in [0.3, 0.4) is 0 Å². The molecular formula is C16H19NO4. The Morgan fingerprint density at radius 3 is 2.71 bits per heavy atom. The topological polar surface area (TPSA) is 75.6 Å². The van der Waals surface area contributed by atoms with Crippen LogP contribution in [0.15, 0.2) is 24.3 Å². The summed E-state index contributed by atoms with van der Waals surface area (Å²) >= 11 is 0. The van der Waals surface area contributed by atoms with E-state index >= 15 is 0 Å². The molecule has 3 rings (SSSR count). The highest BCUT2D eigenvalue weighted by Gasteiger charge is 2.50. The zero-order chi connectivity index (χ0) is 15.0. The molecule has 2 fully saturated rings. The number of hydrogen-bond donors (Lipinski definition) is 2. The standard InChI is InChI=1S/C16H19NO4/c1-21-11-5-2-4-10(8-11)12-9-13(12)14(18)17-16(15(19)20)6-3-7-16/h2,4-5,8,12-13H,3,6-7,9H2,1H3,(H,17,18)(H,19,20). The molecule has 0 spiro atoms. The van der Waals surface area contributed by atoms with Crippen LogP contribution in [0, 0.1) is 5.92 Å². The molecule has 0 saturated heterocycles. The summed E-state index contributed by atoms with van der Waals surface area (Å²) in [7, 11) is 1.61. The lowest BCUT2D eigenvalue weighted by molar-refractivity contribution is -0.152. The number of ether oxygens (including phenoxy) is 1. The molecule has 5 heteroatoms. The van der Waals surface area contributed by atoms with Crippen LogP contribution >= 0.6 is 0 Å². The molecule has 1 amide bonds. The SMILES string of the molecule is COc1cccc(C2CC2C(=O)NC2(C(=O)O)CCC2)c1. The minimum absolute atomic E-state index is 0.117.